The van der Waals surface area contributed by atoms with Crippen molar-refractivity contribution < 1.29 is 18.9 Å². The van der Waals surface area contributed by atoms with E-state index in [1.807, 2.05) is 6.92 Å². The first kappa shape index (κ1) is 14.0. The summed E-state index contributed by atoms with van der Waals surface area (Å²) < 4.78 is 6.93. The standard InChI is InChI=1S/C14H16N3O3/c1-4-8-17-13(18)11-10(20-9-5-2)6-7-15-12(11)16(3)14(17)19/h1,6-7,11H,5,8-9H2,2-3H3/q+1. The third-order valence-corrected chi connectivity index (χ3v) is 3.09. The molecular formula is C14H16N3O3+. The Morgan fingerprint density at radius 3 is 2.95 bits per heavy atom. The molecule has 0 bridgehead atoms. The number of imide groups is 1. The van der Waals surface area contributed by atoms with E-state index in [9.17, 15) is 9.59 Å². The van der Waals surface area contributed by atoms with Crippen LogP contribution in [0.3, 0.4) is 0 Å². The molecule has 0 saturated heterocycles. The van der Waals surface area contributed by atoms with Crippen LogP contribution in [0.15, 0.2) is 16.8 Å². The number of urea groups is 1. The lowest BCUT2D eigenvalue weighted by molar-refractivity contribution is -0.408. The number of hydrogen-bond acceptors (Lipinski definition) is 4. The molecule has 0 aliphatic carbocycles. The van der Waals surface area contributed by atoms with Crippen LogP contribution in [0.5, 0.6) is 0 Å². The van der Waals surface area contributed by atoms with E-state index in [0.29, 0.717) is 18.2 Å². The van der Waals surface area contributed by atoms with Crippen LogP contribution in [0.1, 0.15) is 13.3 Å². The highest BCUT2D eigenvalue weighted by molar-refractivity contribution is 6.15. The number of hydrogen-bond donors (Lipinski definition) is 0. The first-order valence-electron chi connectivity index (χ1n) is 6.38. The van der Waals surface area contributed by atoms with Gasteiger partial charge in [0, 0.05) is 6.08 Å². The van der Waals surface area contributed by atoms with Gasteiger partial charge in [0.05, 0.1) is 13.7 Å². The van der Waals surface area contributed by atoms with E-state index in [4.69, 9.17) is 11.2 Å². The van der Waals surface area contributed by atoms with Gasteiger partial charge in [-0.2, -0.15) is 9.48 Å². The van der Waals surface area contributed by atoms with Crippen molar-refractivity contribution in [1.82, 2.24) is 4.90 Å². The summed E-state index contributed by atoms with van der Waals surface area (Å²) in [6.45, 7) is 2.42. The second-order valence-corrected chi connectivity index (χ2v) is 4.46. The van der Waals surface area contributed by atoms with Gasteiger partial charge in [-0.15, -0.1) is 11.4 Å². The second kappa shape index (κ2) is 5.70. The fraction of sp³-hybridized carbons (Fsp3) is 0.429. The van der Waals surface area contributed by atoms with Crippen molar-refractivity contribution in [3.05, 3.63) is 11.8 Å². The molecule has 0 spiro atoms. The lowest BCUT2D eigenvalue weighted by Crippen LogP contribution is -2.54. The van der Waals surface area contributed by atoms with Gasteiger partial charge < -0.3 is 4.74 Å². The Balaban J connectivity index is 2.41. The molecule has 6 heteroatoms. The van der Waals surface area contributed by atoms with E-state index < -0.39 is 11.9 Å². The minimum Gasteiger partial charge on any atom is -0.496 e. The molecule has 6 nitrogen and oxygen atoms in total. The quantitative estimate of drug-likeness (QED) is 0.558. The van der Waals surface area contributed by atoms with Gasteiger partial charge in [-0.1, -0.05) is 12.8 Å². The number of carbonyl (C=O) groups excluding carboxylic acids is 2. The summed E-state index contributed by atoms with van der Waals surface area (Å²) in [5.41, 5.74) is 0. The Bertz CT molecular complexity index is 581. The zero-order valence-corrected chi connectivity index (χ0v) is 11.5. The van der Waals surface area contributed by atoms with Crippen molar-refractivity contribution in [1.29, 1.82) is 0 Å². The minimum absolute atomic E-state index is 0.0590. The van der Waals surface area contributed by atoms with E-state index in [1.54, 1.807) is 13.1 Å². The number of amides is 3. The van der Waals surface area contributed by atoms with Gasteiger partial charge in [0.1, 0.15) is 18.5 Å². The summed E-state index contributed by atoms with van der Waals surface area (Å²) in [5.74, 6) is 2.12. The largest absolute Gasteiger partial charge is 0.496 e. The molecule has 0 saturated carbocycles. The van der Waals surface area contributed by atoms with Gasteiger partial charge in [-0.05, 0) is 6.42 Å². The van der Waals surface area contributed by atoms with E-state index >= 15 is 0 Å². The first-order chi connectivity index (χ1) is 9.61. The zero-order valence-electron chi connectivity index (χ0n) is 11.5. The van der Waals surface area contributed by atoms with Crippen molar-refractivity contribution in [3.8, 4) is 12.3 Å². The third-order valence-electron chi connectivity index (χ3n) is 3.09. The van der Waals surface area contributed by atoms with Crippen molar-refractivity contribution in [2.45, 2.75) is 13.3 Å². The van der Waals surface area contributed by atoms with Crippen molar-refractivity contribution >= 4 is 24.0 Å². The highest BCUT2D eigenvalue weighted by atomic mass is 16.5. The number of nitrogens with zero attached hydrogens (tertiary/aromatic N) is 3. The predicted molar refractivity (Wildman–Crippen MR) is 73.4 cm³/mol. The SMILES string of the molecule is C#CCN1C(=O)C2C(OCCC)=CC=NC2=[N+](C)C1=O. The van der Waals surface area contributed by atoms with Crippen LogP contribution in [0.2, 0.25) is 0 Å². The van der Waals surface area contributed by atoms with E-state index in [2.05, 4.69) is 10.9 Å². The third kappa shape index (κ3) is 2.23. The van der Waals surface area contributed by atoms with Crippen molar-refractivity contribution in [3.63, 3.8) is 0 Å². The van der Waals surface area contributed by atoms with Gasteiger partial charge in [0.15, 0.2) is 5.92 Å². The molecule has 0 aromatic heterocycles. The molecule has 0 radical (unpaired) electrons. The fourth-order valence-electron chi connectivity index (χ4n) is 2.11. The highest BCUT2D eigenvalue weighted by Crippen LogP contribution is 2.24. The smallest absolute Gasteiger partial charge is 0.446 e. The van der Waals surface area contributed by atoms with Gasteiger partial charge in [-0.25, -0.2) is 4.79 Å². The van der Waals surface area contributed by atoms with Gasteiger partial charge in [-0.3, -0.25) is 4.79 Å². The number of aliphatic imine (C=N–C) groups is 1. The average Bonchev–Trinajstić information content (AvgIpc) is 2.46. The zero-order chi connectivity index (χ0) is 14.7. The van der Waals surface area contributed by atoms with Crippen molar-refractivity contribution in [2.75, 3.05) is 20.2 Å². The molecule has 0 N–H and O–H groups in total. The van der Waals surface area contributed by atoms with E-state index in [-0.39, 0.29) is 12.5 Å². The Hall–Kier alpha value is -2.42. The number of terminal acetylenes is 1. The average molecular weight is 274 g/mol. The Morgan fingerprint density at radius 2 is 2.30 bits per heavy atom. The van der Waals surface area contributed by atoms with Crippen LogP contribution in [0, 0.1) is 18.3 Å². The summed E-state index contributed by atoms with van der Waals surface area (Å²) in [7, 11) is 1.57. The lowest BCUT2D eigenvalue weighted by atomic mass is 9.99. The maximum atomic E-state index is 12.4. The molecule has 20 heavy (non-hydrogen) atoms. The number of allylic oxidation sites excluding steroid dienone is 1. The van der Waals surface area contributed by atoms with Crippen LogP contribution in [-0.2, 0) is 9.53 Å². The molecule has 0 fully saturated rings. The number of dihydropyridines is 1. The van der Waals surface area contributed by atoms with Crippen LogP contribution in [0.4, 0.5) is 4.79 Å². The monoisotopic (exact) mass is 274 g/mol. The van der Waals surface area contributed by atoms with Gasteiger partial charge in [0.25, 0.3) is 5.84 Å². The van der Waals surface area contributed by atoms with Crippen molar-refractivity contribution in [2.24, 2.45) is 10.9 Å². The summed E-state index contributed by atoms with van der Waals surface area (Å²) in [5, 5.41) is 0. The van der Waals surface area contributed by atoms with Crippen LogP contribution in [0.25, 0.3) is 0 Å². The number of amidine groups is 1. The molecule has 2 heterocycles. The lowest BCUT2D eigenvalue weighted by Gasteiger charge is -2.27. The van der Waals surface area contributed by atoms with Gasteiger partial charge in [0.2, 0.25) is 0 Å². The molecule has 0 aromatic rings. The first-order valence-corrected chi connectivity index (χ1v) is 6.38. The summed E-state index contributed by atoms with van der Waals surface area (Å²) in [4.78, 5) is 29.7. The molecule has 1 atom stereocenters. The van der Waals surface area contributed by atoms with Crippen LogP contribution >= 0.6 is 0 Å². The molecule has 104 valence electrons. The highest BCUT2D eigenvalue weighted by Gasteiger charge is 2.49. The van der Waals surface area contributed by atoms with Crippen LogP contribution in [-0.4, -0.2) is 53.7 Å². The Kier molecular flexibility index (Phi) is 3.99. The number of fused-ring (bicyclic) bond motifs is 1. The molecule has 2 aliphatic rings. The number of carbonyl (C=O) groups is 2. The van der Waals surface area contributed by atoms with Gasteiger partial charge >= 0.3 is 11.9 Å². The minimum atomic E-state index is -0.692. The molecule has 2 aliphatic heterocycles. The number of ether oxygens (including phenoxy) is 1. The van der Waals surface area contributed by atoms with Crippen LogP contribution < -0.4 is 0 Å². The maximum absolute atomic E-state index is 12.4. The van der Waals surface area contributed by atoms with E-state index in [1.165, 1.54) is 10.8 Å². The normalized spacial score (nSPS) is 21.6. The molecular weight excluding hydrogens is 258 g/mol. The van der Waals surface area contributed by atoms with E-state index in [0.717, 1.165) is 11.3 Å². The topological polar surface area (TPSA) is 62.0 Å². The summed E-state index contributed by atoms with van der Waals surface area (Å²) >= 11 is 0. The predicted octanol–water partition coefficient (Wildman–Crippen LogP) is 0.634. The summed E-state index contributed by atoms with van der Waals surface area (Å²) in [6.07, 6.45) is 9.23. The number of rotatable bonds is 4. The molecule has 0 aromatic carbocycles. The molecule has 2 rings (SSSR count). The maximum Gasteiger partial charge on any atom is 0.446 e. The molecule has 1 unspecified atom stereocenters. The molecule has 3 amide bonds. The summed E-state index contributed by atoms with van der Waals surface area (Å²) in [6, 6.07) is -0.465. The Labute approximate surface area is 117 Å². The fourth-order valence-corrected chi connectivity index (χ4v) is 2.11. The Morgan fingerprint density at radius 1 is 1.55 bits per heavy atom. The second-order valence-electron chi connectivity index (χ2n) is 4.46.